The number of methoxy groups -OCH3 is 2. The highest BCUT2D eigenvalue weighted by atomic mass is 16.7. The Morgan fingerprint density at radius 1 is 1.07 bits per heavy atom. The van der Waals surface area contributed by atoms with E-state index in [4.69, 9.17) is 23.4 Å². The Morgan fingerprint density at radius 2 is 1.81 bits per heavy atom. The number of hydrogen-bond donors (Lipinski definition) is 0. The monoisotopic (exact) mass is 373 g/mol. The molecule has 0 saturated carbocycles. The molecule has 9 heteroatoms. The zero-order valence-corrected chi connectivity index (χ0v) is 14.5. The summed E-state index contributed by atoms with van der Waals surface area (Å²) >= 11 is 0. The second-order valence-corrected chi connectivity index (χ2v) is 5.35. The first-order valence-corrected chi connectivity index (χ1v) is 7.73. The summed E-state index contributed by atoms with van der Waals surface area (Å²) in [5.74, 6) is 1.60. The van der Waals surface area contributed by atoms with Crippen LogP contribution in [0.5, 0.6) is 17.2 Å². The van der Waals surface area contributed by atoms with Crippen LogP contribution in [0, 0.1) is 10.1 Å². The number of ether oxygens (including phenoxy) is 4. The number of rotatable bonds is 6. The fourth-order valence-corrected chi connectivity index (χ4v) is 2.38. The van der Waals surface area contributed by atoms with Crippen molar-refractivity contribution in [2.24, 2.45) is 0 Å². The Morgan fingerprint density at radius 3 is 2.44 bits per heavy atom. The van der Waals surface area contributed by atoms with E-state index < -0.39 is 11.1 Å². The quantitative estimate of drug-likeness (QED) is 0.275. The Kier molecular flexibility index (Phi) is 5.11. The number of nitro groups is 1. The van der Waals surface area contributed by atoms with Gasteiger partial charge in [0.2, 0.25) is 0 Å². The first kappa shape index (κ1) is 18.1. The van der Waals surface area contributed by atoms with Gasteiger partial charge in [0.05, 0.1) is 19.1 Å². The van der Waals surface area contributed by atoms with E-state index in [9.17, 15) is 14.9 Å². The molecule has 140 valence electrons. The van der Waals surface area contributed by atoms with E-state index in [1.54, 1.807) is 25.3 Å². The Bertz CT molecular complexity index is 977. The van der Waals surface area contributed by atoms with Crippen LogP contribution < -0.4 is 14.2 Å². The molecule has 3 rings (SSSR count). The van der Waals surface area contributed by atoms with Crippen LogP contribution >= 0.6 is 0 Å². The molecule has 0 aliphatic rings. The fourth-order valence-electron chi connectivity index (χ4n) is 2.38. The van der Waals surface area contributed by atoms with Gasteiger partial charge in [-0.3, -0.25) is 10.1 Å². The van der Waals surface area contributed by atoms with Gasteiger partial charge in [-0.25, -0.2) is 4.79 Å². The van der Waals surface area contributed by atoms with Gasteiger partial charge in [-0.1, -0.05) is 0 Å². The summed E-state index contributed by atoms with van der Waals surface area (Å²) in [6.45, 7) is -0.161. The molecule has 27 heavy (non-hydrogen) atoms. The van der Waals surface area contributed by atoms with Gasteiger partial charge in [-0.2, -0.15) is 0 Å². The first-order chi connectivity index (χ1) is 13.0. The lowest BCUT2D eigenvalue weighted by molar-refractivity contribution is -0.384. The molecule has 0 fully saturated rings. The van der Waals surface area contributed by atoms with Gasteiger partial charge in [0.25, 0.3) is 5.69 Å². The molecular weight excluding hydrogens is 358 g/mol. The number of hydrogen-bond acceptors (Lipinski definition) is 8. The van der Waals surface area contributed by atoms with Gasteiger partial charge in [0, 0.05) is 23.6 Å². The third-order valence-electron chi connectivity index (χ3n) is 3.64. The molecule has 0 N–H and O–H groups in total. The number of carbonyl (C=O) groups excluding carboxylic acids is 1. The van der Waals surface area contributed by atoms with Crippen molar-refractivity contribution in [2.45, 2.75) is 6.61 Å². The summed E-state index contributed by atoms with van der Waals surface area (Å²) in [6.07, 6.45) is -0.964. The molecule has 0 atom stereocenters. The average Bonchev–Trinajstić information content (AvgIpc) is 3.09. The molecule has 2 aromatic carbocycles. The SMILES string of the molecule is COc1cc(OC)c2oc(COC(=O)Oc3ccc([N+](=O)[O-])cc3)cc2c1. The molecule has 3 aromatic rings. The third-order valence-corrected chi connectivity index (χ3v) is 3.64. The highest BCUT2D eigenvalue weighted by Crippen LogP contribution is 2.33. The third kappa shape index (κ3) is 4.09. The molecule has 1 aromatic heterocycles. The van der Waals surface area contributed by atoms with Crippen LogP contribution in [0.3, 0.4) is 0 Å². The number of carbonyl (C=O) groups is 1. The Balaban J connectivity index is 1.65. The average molecular weight is 373 g/mol. The van der Waals surface area contributed by atoms with Crippen molar-refractivity contribution in [3.63, 3.8) is 0 Å². The van der Waals surface area contributed by atoms with Gasteiger partial charge in [0.1, 0.15) is 17.3 Å². The van der Waals surface area contributed by atoms with Crippen molar-refractivity contribution >= 4 is 22.8 Å². The maximum atomic E-state index is 11.8. The minimum Gasteiger partial charge on any atom is -0.497 e. The normalized spacial score (nSPS) is 10.4. The molecule has 0 bridgehead atoms. The van der Waals surface area contributed by atoms with Crippen molar-refractivity contribution in [1.82, 2.24) is 0 Å². The zero-order chi connectivity index (χ0) is 19.4. The number of benzene rings is 2. The Labute approximate surface area is 153 Å². The van der Waals surface area contributed by atoms with E-state index in [0.717, 1.165) is 5.39 Å². The predicted molar refractivity (Wildman–Crippen MR) is 93.2 cm³/mol. The van der Waals surface area contributed by atoms with E-state index in [2.05, 4.69) is 0 Å². The maximum Gasteiger partial charge on any atom is 0.514 e. The molecule has 9 nitrogen and oxygen atoms in total. The van der Waals surface area contributed by atoms with Crippen LogP contribution in [0.2, 0.25) is 0 Å². The zero-order valence-electron chi connectivity index (χ0n) is 14.5. The standard InChI is InChI=1S/C18H15NO8/c1-23-14-7-11-8-15(26-17(11)16(9-14)24-2)10-25-18(20)27-13-5-3-12(4-6-13)19(21)22/h3-9H,10H2,1-2H3. The van der Waals surface area contributed by atoms with Crippen LogP contribution in [0.15, 0.2) is 46.9 Å². The van der Waals surface area contributed by atoms with E-state index in [-0.39, 0.29) is 18.0 Å². The van der Waals surface area contributed by atoms with Crippen LogP contribution in [0.1, 0.15) is 5.76 Å². The van der Waals surface area contributed by atoms with Crippen molar-refractivity contribution < 1.29 is 33.1 Å². The van der Waals surface area contributed by atoms with E-state index in [0.29, 0.717) is 22.8 Å². The lowest BCUT2D eigenvalue weighted by Gasteiger charge is -2.04. The minimum atomic E-state index is -0.964. The van der Waals surface area contributed by atoms with Crippen molar-refractivity contribution in [3.8, 4) is 17.2 Å². The van der Waals surface area contributed by atoms with Gasteiger partial charge in [-0.05, 0) is 24.3 Å². The van der Waals surface area contributed by atoms with Gasteiger partial charge < -0.3 is 23.4 Å². The molecule has 0 spiro atoms. The topological polar surface area (TPSA) is 110 Å². The largest absolute Gasteiger partial charge is 0.514 e. The van der Waals surface area contributed by atoms with Crippen molar-refractivity contribution in [2.75, 3.05) is 14.2 Å². The maximum absolute atomic E-state index is 11.8. The number of nitrogens with zero attached hydrogens (tertiary/aromatic N) is 1. The second kappa shape index (κ2) is 7.65. The van der Waals surface area contributed by atoms with Gasteiger partial charge in [-0.15, -0.1) is 0 Å². The number of non-ortho nitro benzene ring substituents is 1. The van der Waals surface area contributed by atoms with Gasteiger partial charge >= 0.3 is 6.16 Å². The molecule has 0 radical (unpaired) electrons. The first-order valence-electron chi connectivity index (χ1n) is 7.73. The lowest BCUT2D eigenvalue weighted by atomic mass is 10.2. The highest BCUT2D eigenvalue weighted by Gasteiger charge is 2.14. The molecule has 0 aliphatic heterocycles. The molecule has 1 heterocycles. The summed E-state index contributed by atoms with van der Waals surface area (Å²) in [5, 5.41) is 11.3. The van der Waals surface area contributed by atoms with Crippen LogP contribution in [-0.4, -0.2) is 25.3 Å². The molecule has 0 unspecified atom stereocenters. The van der Waals surface area contributed by atoms with Crippen LogP contribution in [0.4, 0.5) is 10.5 Å². The minimum absolute atomic E-state index is 0.109. The molecule has 0 aliphatic carbocycles. The summed E-state index contributed by atoms with van der Waals surface area (Å²) < 4.78 is 26.1. The van der Waals surface area contributed by atoms with E-state index in [1.807, 2.05) is 0 Å². The molecule has 0 saturated heterocycles. The van der Waals surface area contributed by atoms with Crippen molar-refractivity contribution in [3.05, 3.63) is 58.3 Å². The van der Waals surface area contributed by atoms with E-state index in [1.165, 1.54) is 31.4 Å². The predicted octanol–water partition coefficient (Wildman–Crippen LogP) is 4.07. The number of fused-ring (bicyclic) bond motifs is 1. The summed E-state index contributed by atoms with van der Waals surface area (Å²) in [6, 6.07) is 10.2. The number of nitro benzene ring substituents is 1. The highest BCUT2D eigenvalue weighted by molar-refractivity contribution is 5.85. The lowest BCUT2D eigenvalue weighted by Crippen LogP contribution is -2.10. The smallest absolute Gasteiger partial charge is 0.497 e. The van der Waals surface area contributed by atoms with Gasteiger partial charge in [0.15, 0.2) is 17.9 Å². The Hall–Kier alpha value is -3.75. The van der Waals surface area contributed by atoms with E-state index >= 15 is 0 Å². The summed E-state index contributed by atoms with van der Waals surface area (Å²) in [7, 11) is 3.05. The summed E-state index contributed by atoms with van der Waals surface area (Å²) in [5.41, 5.74) is 0.392. The number of furan rings is 1. The molecule has 0 amide bonds. The molecular formula is C18H15NO8. The second-order valence-electron chi connectivity index (χ2n) is 5.35. The van der Waals surface area contributed by atoms with Crippen LogP contribution in [-0.2, 0) is 11.3 Å². The van der Waals surface area contributed by atoms with Crippen LogP contribution in [0.25, 0.3) is 11.0 Å². The summed E-state index contributed by atoms with van der Waals surface area (Å²) in [4.78, 5) is 21.8. The van der Waals surface area contributed by atoms with Crippen molar-refractivity contribution in [1.29, 1.82) is 0 Å². The fraction of sp³-hybridized carbons (Fsp3) is 0.167.